The van der Waals surface area contributed by atoms with Crippen molar-refractivity contribution in [2.75, 3.05) is 26.0 Å². The molecular weight excluding hydrogens is 416 g/mol. The number of amides is 1. The smallest absolute Gasteiger partial charge is 0.224 e. The average Bonchev–Trinajstić information content (AvgIpc) is 3.21. The zero-order chi connectivity index (χ0) is 22.4. The Morgan fingerprint density at radius 1 is 1.32 bits per heavy atom. The van der Waals surface area contributed by atoms with Crippen molar-refractivity contribution in [2.45, 2.75) is 38.6 Å². The van der Waals surface area contributed by atoms with Crippen LogP contribution in [-0.4, -0.2) is 54.1 Å². The molecule has 0 bridgehead atoms. The van der Waals surface area contributed by atoms with E-state index in [0.717, 1.165) is 17.8 Å². The minimum absolute atomic E-state index is 0.0820. The zero-order valence-electron chi connectivity index (χ0n) is 18.5. The summed E-state index contributed by atoms with van der Waals surface area (Å²) in [6, 6.07) is 7.15. The van der Waals surface area contributed by atoms with Gasteiger partial charge in [0.1, 0.15) is 17.6 Å². The van der Waals surface area contributed by atoms with Gasteiger partial charge in [0.2, 0.25) is 15.9 Å². The van der Waals surface area contributed by atoms with Crippen molar-refractivity contribution < 1.29 is 17.9 Å². The van der Waals surface area contributed by atoms with Crippen LogP contribution >= 0.6 is 0 Å². The maximum Gasteiger partial charge on any atom is 0.224 e. The van der Waals surface area contributed by atoms with Crippen LogP contribution in [0.4, 0.5) is 0 Å². The molecule has 1 saturated heterocycles. The number of methoxy groups -OCH3 is 1. The molecule has 1 amide bonds. The number of hydrogen-bond donors (Lipinski definition) is 1. The molecule has 0 aliphatic carbocycles. The Hall–Kier alpha value is -2.39. The molecule has 170 valence electrons. The SMILES string of the molecule is CCCCS(=O)(=O)N1CCC(C(=O)NC(c2cccc(OC)c2)c2nccn2C)CC1. The van der Waals surface area contributed by atoms with Crippen molar-refractivity contribution in [1.82, 2.24) is 19.2 Å². The molecule has 1 atom stereocenters. The summed E-state index contributed by atoms with van der Waals surface area (Å²) in [5.74, 6) is 1.29. The van der Waals surface area contributed by atoms with Crippen molar-refractivity contribution in [3.63, 3.8) is 0 Å². The molecule has 1 N–H and O–H groups in total. The van der Waals surface area contributed by atoms with Gasteiger partial charge in [0.25, 0.3) is 0 Å². The van der Waals surface area contributed by atoms with Crippen molar-refractivity contribution >= 4 is 15.9 Å². The molecule has 2 aromatic rings. The Kier molecular flexibility index (Phi) is 7.72. The third-order valence-corrected chi connectivity index (χ3v) is 7.76. The van der Waals surface area contributed by atoms with E-state index in [-0.39, 0.29) is 17.6 Å². The summed E-state index contributed by atoms with van der Waals surface area (Å²) in [7, 11) is 0.262. The quantitative estimate of drug-likeness (QED) is 0.636. The number of nitrogens with one attached hydrogen (secondary N) is 1. The second-order valence-corrected chi connectivity index (χ2v) is 10.0. The summed E-state index contributed by atoms with van der Waals surface area (Å²) >= 11 is 0. The molecule has 0 spiro atoms. The van der Waals surface area contributed by atoms with Gasteiger partial charge in [0.15, 0.2) is 0 Å². The van der Waals surface area contributed by atoms with Gasteiger partial charge in [0, 0.05) is 38.4 Å². The molecular formula is C22H32N4O4S. The first-order chi connectivity index (χ1) is 14.9. The average molecular weight is 449 g/mol. The fourth-order valence-electron chi connectivity index (χ4n) is 3.89. The fraction of sp³-hybridized carbons (Fsp3) is 0.545. The van der Waals surface area contributed by atoms with Crippen molar-refractivity contribution in [2.24, 2.45) is 13.0 Å². The topological polar surface area (TPSA) is 93.5 Å². The van der Waals surface area contributed by atoms with Crippen LogP contribution in [0.15, 0.2) is 36.7 Å². The van der Waals surface area contributed by atoms with Gasteiger partial charge >= 0.3 is 0 Å². The minimum atomic E-state index is -3.24. The van der Waals surface area contributed by atoms with E-state index in [1.165, 1.54) is 4.31 Å². The number of rotatable bonds is 9. The maximum atomic E-state index is 13.1. The van der Waals surface area contributed by atoms with Crippen LogP contribution in [0.2, 0.25) is 0 Å². The van der Waals surface area contributed by atoms with E-state index in [4.69, 9.17) is 4.74 Å². The second-order valence-electron chi connectivity index (χ2n) is 7.96. The maximum absolute atomic E-state index is 13.1. The van der Waals surface area contributed by atoms with E-state index >= 15 is 0 Å². The van der Waals surface area contributed by atoms with Crippen LogP contribution in [0.1, 0.15) is 50.0 Å². The molecule has 1 fully saturated rings. The van der Waals surface area contributed by atoms with E-state index in [1.54, 1.807) is 13.3 Å². The number of carbonyl (C=O) groups excluding carboxylic acids is 1. The van der Waals surface area contributed by atoms with E-state index in [1.807, 2.05) is 49.0 Å². The number of ether oxygens (including phenoxy) is 1. The van der Waals surface area contributed by atoms with Crippen LogP contribution in [0.5, 0.6) is 5.75 Å². The lowest BCUT2D eigenvalue weighted by Gasteiger charge is -2.31. The fourth-order valence-corrected chi connectivity index (χ4v) is 5.56. The van der Waals surface area contributed by atoms with Gasteiger partial charge in [-0.1, -0.05) is 25.5 Å². The third-order valence-electron chi connectivity index (χ3n) is 5.80. The molecule has 1 aromatic carbocycles. The Balaban J connectivity index is 1.71. The van der Waals surface area contributed by atoms with E-state index in [2.05, 4.69) is 10.3 Å². The highest BCUT2D eigenvalue weighted by Crippen LogP contribution is 2.26. The molecule has 0 radical (unpaired) electrons. The van der Waals surface area contributed by atoms with E-state index in [0.29, 0.717) is 38.1 Å². The van der Waals surface area contributed by atoms with Gasteiger partial charge in [0.05, 0.1) is 12.9 Å². The standard InChI is InChI=1S/C22H32N4O4S/c1-4-5-15-31(28,29)26-12-9-17(10-13-26)22(27)24-20(21-23-11-14-25(21)2)18-7-6-8-19(16-18)30-3/h6-8,11,14,16-17,20H,4-5,9-10,12-13,15H2,1-3H3,(H,24,27). The normalized spacial score (nSPS) is 16.7. The monoisotopic (exact) mass is 448 g/mol. The summed E-state index contributed by atoms with van der Waals surface area (Å²) in [4.78, 5) is 17.6. The summed E-state index contributed by atoms with van der Waals surface area (Å²) in [5.41, 5.74) is 0.876. The highest BCUT2D eigenvalue weighted by atomic mass is 32.2. The Morgan fingerprint density at radius 3 is 2.68 bits per heavy atom. The van der Waals surface area contributed by atoms with Gasteiger partial charge in [-0.15, -0.1) is 0 Å². The number of aromatic nitrogens is 2. The number of nitrogens with zero attached hydrogens (tertiary/aromatic N) is 3. The first-order valence-corrected chi connectivity index (χ1v) is 12.4. The largest absolute Gasteiger partial charge is 0.497 e. The predicted octanol–water partition coefficient (Wildman–Crippen LogP) is 2.48. The lowest BCUT2D eigenvalue weighted by atomic mass is 9.96. The molecule has 1 aromatic heterocycles. The first kappa shape index (κ1) is 23.3. The molecule has 3 rings (SSSR count). The first-order valence-electron chi connectivity index (χ1n) is 10.7. The van der Waals surface area contributed by atoms with Crippen LogP contribution in [0, 0.1) is 5.92 Å². The van der Waals surface area contributed by atoms with Crippen molar-refractivity contribution in [3.05, 3.63) is 48.0 Å². The number of unbranched alkanes of at least 4 members (excludes halogenated alkanes) is 1. The van der Waals surface area contributed by atoms with Gasteiger partial charge in [-0.2, -0.15) is 0 Å². The predicted molar refractivity (Wildman–Crippen MR) is 119 cm³/mol. The molecule has 1 aliphatic heterocycles. The minimum Gasteiger partial charge on any atom is -0.497 e. The van der Waals surface area contributed by atoms with Crippen LogP contribution in [-0.2, 0) is 21.9 Å². The van der Waals surface area contributed by atoms with Gasteiger partial charge in [-0.05, 0) is 37.0 Å². The van der Waals surface area contributed by atoms with Gasteiger partial charge < -0.3 is 14.6 Å². The number of aryl methyl sites for hydroxylation is 1. The van der Waals surface area contributed by atoms with Crippen molar-refractivity contribution in [1.29, 1.82) is 0 Å². The second kappa shape index (κ2) is 10.3. The highest BCUT2D eigenvalue weighted by Gasteiger charge is 2.32. The van der Waals surface area contributed by atoms with E-state index in [9.17, 15) is 13.2 Å². The molecule has 0 saturated carbocycles. The van der Waals surface area contributed by atoms with Crippen LogP contribution < -0.4 is 10.1 Å². The third kappa shape index (κ3) is 5.65. The van der Waals surface area contributed by atoms with Crippen molar-refractivity contribution in [3.8, 4) is 5.75 Å². The molecule has 9 heteroatoms. The lowest BCUT2D eigenvalue weighted by Crippen LogP contribution is -2.44. The van der Waals surface area contributed by atoms with E-state index < -0.39 is 16.1 Å². The molecule has 8 nitrogen and oxygen atoms in total. The van der Waals surface area contributed by atoms with Crippen LogP contribution in [0.25, 0.3) is 0 Å². The number of piperidine rings is 1. The Bertz CT molecular complexity index is 981. The summed E-state index contributed by atoms with van der Waals surface area (Å²) in [5, 5.41) is 3.14. The number of imidazole rings is 1. The highest BCUT2D eigenvalue weighted by molar-refractivity contribution is 7.89. The zero-order valence-corrected chi connectivity index (χ0v) is 19.3. The van der Waals surface area contributed by atoms with Gasteiger partial charge in [-0.25, -0.2) is 17.7 Å². The molecule has 1 unspecified atom stereocenters. The summed E-state index contributed by atoms with van der Waals surface area (Å²) in [6.45, 7) is 2.75. The lowest BCUT2D eigenvalue weighted by molar-refractivity contribution is -0.126. The summed E-state index contributed by atoms with van der Waals surface area (Å²) < 4.78 is 33.6. The number of carbonyl (C=O) groups is 1. The number of sulfonamides is 1. The molecule has 31 heavy (non-hydrogen) atoms. The molecule has 2 heterocycles. The summed E-state index contributed by atoms with van der Waals surface area (Å²) in [6.07, 6.45) is 6.08. The Morgan fingerprint density at radius 2 is 2.06 bits per heavy atom. The van der Waals surface area contributed by atoms with Crippen LogP contribution in [0.3, 0.4) is 0 Å². The van der Waals surface area contributed by atoms with Gasteiger partial charge in [-0.3, -0.25) is 4.79 Å². The Labute approximate surface area is 184 Å². The number of benzene rings is 1. The molecule has 1 aliphatic rings. The number of hydrogen-bond acceptors (Lipinski definition) is 5.